The van der Waals surface area contributed by atoms with E-state index in [9.17, 15) is 27.6 Å². The van der Waals surface area contributed by atoms with Crippen molar-refractivity contribution in [1.29, 1.82) is 0 Å². The maximum atomic E-state index is 14.7. The summed E-state index contributed by atoms with van der Waals surface area (Å²) in [4.78, 5) is 70.0. The molecule has 3 radical (unpaired) electrons. The number of fused-ring (bicyclic) bond motifs is 8. The highest BCUT2D eigenvalue weighted by molar-refractivity contribution is 7.91. The van der Waals surface area contributed by atoms with Crippen LogP contribution in [-0.2, 0) is 53.1 Å². The van der Waals surface area contributed by atoms with Gasteiger partial charge in [0.05, 0.1) is 56.5 Å². The van der Waals surface area contributed by atoms with E-state index in [1.54, 1.807) is 25.3 Å². The fourth-order valence-corrected chi connectivity index (χ4v) is 13.2. The lowest BCUT2D eigenvalue weighted by Crippen LogP contribution is -2.70. The Morgan fingerprint density at radius 1 is 1.15 bits per heavy atom. The van der Waals surface area contributed by atoms with E-state index in [4.69, 9.17) is 19.4 Å². The van der Waals surface area contributed by atoms with Crippen LogP contribution in [0.5, 0.6) is 0 Å². The number of amides is 4. The maximum absolute atomic E-state index is 14.7. The van der Waals surface area contributed by atoms with E-state index in [1.807, 2.05) is 38.3 Å². The molecule has 6 atom stereocenters. The zero-order valence-corrected chi connectivity index (χ0v) is 41.0. The summed E-state index contributed by atoms with van der Waals surface area (Å²) in [5.74, 6) is -2.16. The Bertz CT molecular complexity index is 2610. The van der Waals surface area contributed by atoms with Gasteiger partial charge in [0.25, 0.3) is 5.91 Å². The number of carbonyl (C=O) groups is 4. The predicted molar refractivity (Wildman–Crippen MR) is 248 cm³/mol. The first kappa shape index (κ1) is 46.8. The van der Waals surface area contributed by atoms with E-state index in [1.165, 1.54) is 21.2 Å². The van der Waals surface area contributed by atoms with Crippen molar-refractivity contribution in [2.45, 2.75) is 116 Å². The summed E-state index contributed by atoms with van der Waals surface area (Å²) in [6, 6.07) is 6.91. The molecule has 4 aliphatic heterocycles. The number of hydrazine groups is 1. The number of thiazole rings is 1. The number of sulfone groups is 1. The molecule has 0 spiro atoms. The molecule has 8 rings (SSSR count). The molecular formula is C46H59N8O8S2Si. The fourth-order valence-electron chi connectivity index (χ4n) is 10.1. The third-order valence-corrected chi connectivity index (χ3v) is 16.6. The van der Waals surface area contributed by atoms with Gasteiger partial charge >= 0.3 is 12.0 Å². The number of urea groups is 1. The Hall–Kier alpha value is -4.69. The lowest BCUT2D eigenvalue weighted by atomic mass is 9.84. The fraction of sp³-hybridized carbons (Fsp3) is 0.565. The van der Waals surface area contributed by atoms with Gasteiger partial charge in [-0.1, -0.05) is 33.8 Å². The van der Waals surface area contributed by atoms with Crippen molar-refractivity contribution in [1.82, 2.24) is 40.1 Å². The number of pyridine rings is 1. The summed E-state index contributed by atoms with van der Waals surface area (Å²) in [7, 11) is 3.68. The van der Waals surface area contributed by atoms with Crippen LogP contribution in [0.1, 0.15) is 83.2 Å². The van der Waals surface area contributed by atoms with Crippen molar-refractivity contribution in [2.75, 3.05) is 38.8 Å². The van der Waals surface area contributed by atoms with Crippen molar-refractivity contribution in [2.24, 2.45) is 11.3 Å². The highest BCUT2D eigenvalue weighted by Crippen LogP contribution is 2.42. The number of benzene rings is 1. The molecule has 2 unspecified atom stereocenters. The van der Waals surface area contributed by atoms with Crippen molar-refractivity contribution in [3.63, 3.8) is 0 Å². The SMILES string of the molecule is CCn1c(-c2cccnc2[C@H](C)OC)c2c3cc(ccc31)-c1csc(n1)C[C@H](NC(=O)[C@H](C(C)C)N(C)C(=O)N1C3CC1CS(=O)(=O)C3)C(=O)N1CCC[C@@]([Si])(N1)C(=O)OCC(C)(C)C2. The van der Waals surface area contributed by atoms with Gasteiger partial charge in [0.2, 0.25) is 5.91 Å². The standard InChI is InChI=1S/C46H59N8O8S2Si/c1-9-52-36-14-13-28-18-32(36)33(40(52)31-12-10-16-47-38(31)27(4)61-8)21-45(5,6)25-62-43(57)46(65)15-11-17-53(50-46)42(56)34(20-37-48-35(28)22-63-37)49-41(55)39(26(2)3)51(7)44(58)54-29-19-30(54)24-64(59,60)23-29/h10,12-14,16,18,22,26-27,29-30,34,39,50H,9,11,15,17,19-21,23-25H2,1-8H3,(H,49,55)/t27-,29?,30?,34-,39-,46-/m0/s1. The summed E-state index contributed by atoms with van der Waals surface area (Å²) in [5, 5.41) is 6.49. The number of hydrogen-bond donors (Lipinski definition) is 2. The van der Waals surface area contributed by atoms with Crippen LogP contribution in [0.3, 0.4) is 0 Å². The number of carbonyl (C=O) groups excluding carboxylic acids is 4. The number of aromatic nitrogens is 3. The molecule has 1 aromatic carbocycles. The molecule has 3 fully saturated rings. The summed E-state index contributed by atoms with van der Waals surface area (Å²) in [5.41, 5.74) is 9.05. The molecular weight excluding hydrogens is 885 g/mol. The van der Waals surface area contributed by atoms with E-state index in [0.717, 1.165) is 39.0 Å². The predicted octanol–water partition coefficient (Wildman–Crippen LogP) is 4.65. The zero-order valence-electron chi connectivity index (χ0n) is 38.3. The molecule has 2 N–H and O–H groups in total. The molecule has 8 bridgehead atoms. The average molecular weight is 944 g/mol. The normalized spacial score (nSPS) is 25.0. The number of hydrogen-bond acceptors (Lipinski definition) is 12. The molecule has 4 aromatic rings. The zero-order chi connectivity index (χ0) is 46.7. The van der Waals surface area contributed by atoms with E-state index >= 15 is 0 Å². The lowest BCUT2D eigenvalue weighted by Gasteiger charge is -2.53. The smallest absolute Gasteiger partial charge is 0.323 e. The number of likely N-dealkylation sites (N-methyl/N-ethyl adjacent to an activating group) is 1. The van der Waals surface area contributed by atoms with Crippen LogP contribution in [0.15, 0.2) is 41.9 Å². The Kier molecular flexibility index (Phi) is 12.9. The minimum Gasteiger partial charge on any atom is -0.464 e. The number of rotatable bonds is 8. The number of likely N-dealkylation sites (tertiary alicyclic amines) is 1. The molecule has 347 valence electrons. The molecule has 3 aromatic heterocycles. The van der Waals surface area contributed by atoms with Crippen LogP contribution in [0, 0.1) is 11.3 Å². The number of ether oxygens (including phenoxy) is 2. The Balaban J connectivity index is 1.18. The largest absolute Gasteiger partial charge is 0.464 e. The summed E-state index contributed by atoms with van der Waals surface area (Å²) in [6.07, 6.45) is 3.48. The minimum absolute atomic E-state index is 0.0305. The van der Waals surface area contributed by atoms with E-state index in [0.29, 0.717) is 42.9 Å². The van der Waals surface area contributed by atoms with Crippen LogP contribution in [0.2, 0.25) is 0 Å². The molecule has 3 saturated heterocycles. The second-order valence-electron chi connectivity index (χ2n) is 19.1. The van der Waals surface area contributed by atoms with Gasteiger partial charge in [0, 0.05) is 84.8 Å². The molecule has 0 aliphatic carbocycles. The minimum atomic E-state index is -3.24. The Morgan fingerprint density at radius 3 is 2.58 bits per heavy atom. The molecule has 16 nitrogen and oxygen atoms in total. The highest BCUT2D eigenvalue weighted by Gasteiger charge is 2.52. The summed E-state index contributed by atoms with van der Waals surface area (Å²) >= 11 is 1.38. The Labute approximate surface area is 388 Å². The van der Waals surface area contributed by atoms with Crippen molar-refractivity contribution < 1.29 is 37.1 Å². The second-order valence-corrected chi connectivity index (χ2v) is 23.1. The summed E-state index contributed by atoms with van der Waals surface area (Å²) < 4.78 is 38.9. The van der Waals surface area contributed by atoms with Gasteiger partial charge in [-0.2, -0.15) is 0 Å². The highest BCUT2D eigenvalue weighted by atomic mass is 32.2. The van der Waals surface area contributed by atoms with Crippen molar-refractivity contribution >= 4 is 66.1 Å². The van der Waals surface area contributed by atoms with Crippen LogP contribution >= 0.6 is 11.3 Å². The van der Waals surface area contributed by atoms with Gasteiger partial charge in [-0.3, -0.25) is 24.4 Å². The third-order valence-electron chi connectivity index (χ3n) is 13.3. The molecule has 4 aliphatic rings. The van der Waals surface area contributed by atoms with Gasteiger partial charge < -0.3 is 29.2 Å². The van der Waals surface area contributed by atoms with E-state index in [-0.39, 0.29) is 43.1 Å². The maximum Gasteiger partial charge on any atom is 0.323 e. The van der Waals surface area contributed by atoms with Crippen LogP contribution in [0.4, 0.5) is 4.79 Å². The third kappa shape index (κ3) is 8.98. The van der Waals surface area contributed by atoms with Gasteiger partial charge in [-0.15, -0.1) is 11.3 Å². The molecule has 0 saturated carbocycles. The second kappa shape index (κ2) is 17.8. The topological polar surface area (TPSA) is 185 Å². The number of esters is 1. The number of aryl methyl sites for hydroxylation is 1. The van der Waals surface area contributed by atoms with E-state index in [2.05, 4.69) is 64.5 Å². The number of methoxy groups -OCH3 is 1. The number of nitrogens with one attached hydrogen (secondary N) is 2. The van der Waals surface area contributed by atoms with Gasteiger partial charge in [0.15, 0.2) is 9.84 Å². The average Bonchev–Trinajstić information content (AvgIpc) is 3.85. The first-order valence-corrected chi connectivity index (χ1v) is 25.6. The monoisotopic (exact) mass is 943 g/mol. The molecule has 7 heterocycles. The molecule has 19 heteroatoms. The number of cyclic esters (lactones) is 1. The van der Waals surface area contributed by atoms with Crippen LogP contribution < -0.4 is 10.7 Å². The summed E-state index contributed by atoms with van der Waals surface area (Å²) in [6.45, 7) is 12.9. The molecule has 4 amide bonds. The van der Waals surface area contributed by atoms with Gasteiger partial charge in [-0.05, 0) is 75.3 Å². The van der Waals surface area contributed by atoms with Crippen molar-refractivity contribution in [3.8, 4) is 22.5 Å². The number of nitrogens with zero attached hydrogens (tertiary/aromatic N) is 6. The molecule has 65 heavy (non-hydrogen) atoms. The Morgan fingerprint density at radius 2 is 1.89 bits per heavy atom. The van der Waals surface area contributed by atoms with Gasteiger partial charge in [0.1, 0.15) is 17.2 Å². The quantitative estimate of drug-likeness (QED) is 0.185. The van der Waals surface area contributed by atoms with Crippen LogP contribution in [0.25, 0.3) is 33.4 Å². The first-order valence-electron chi connectivity index (χ1n) is 22.4. The van der Waals surface area contributed by atoms with Crippen molar-refractivity contribution in [3.05, 3.63) is 58.2 Å². The van der Waals surface area contributed by atoms with E-state index < -0.39 is 68.4 Å². The van der Waals surface area contributed by atoms with Crippen LogP contribution in [-0.4, -0.2) is 140 Å². The van der Waals surface area contributed by atoms with Gasteiger partial charge in [-0.25, -0.2) is 23.6 Å². The first-order chi connectivity index (χ1) is 30.7. The lowest BCUT2D eigenvalue weighted by molar-refractivity contribution is -0.158.